The summed E-state index contributed by atoms with van der Waals surface area (Å²) in [6.07, 6.45) is 3.08. The minimum atomic E-state index is -0.524. The Bertz CT molecular complexity index is 697. The largest absolute Gasteiger partial charge is 0.457 e. The summed E-state index contributed by atoms with van der Waals surface area (Å²) in [5.74, 6) is -0.690. The third-order valence-corrected chi connectivity index (χ3v) is 2.90. The number of hydrogen-bond donors (Lipinski definition) is 0. The Morgan fingerprint density at radius 2 is 1.82 bits per heavy atom. The van der Waals surface area contributed by atoms with Crippen LogP contribution in [-0.4, -0.2) is 11.6 Å². The molecule has 114 valence electrons. The molecular formula is C19H19FO2. The summed E-state index contributed by atoms with van der Waals surface area (Å²) in [6, 6.07) is 13.9. The minimum absolute atomic E-state index is 0.288. The molecule has 0 amide bonds. The average molecular weight is 298 g/mol. The van der Waals surface area contributed by atoms with Gasteiger partial charge in [0.1, 0.15) is 11.4 Å². The van der Waals surface area contributed by atoms with Crippen LogP contribution in [0.4, 0.5) is 4.39 Å². The molecule has 0 N–H and O–H groups in total. The molecule has 2 nitrogen and oxygen atoms in total. The highest BCUT2D eigenvalue weighted by Crippen LogP contribution is 2.25. The molecular weight excluding hydrogens is 279 g/mol. The summed E-state index contributed by atoms with van der Waals surface area (Å²) in [5.41, 5.74) is 1.94. The Hall–Kier alpha value is -2.42. The second-order valence-corrected chi connectivity index (χ2v) is 5.96. The average Bonchev–Trinajstić information content (AvgIpc) is 2.44. The van der Waals surface area contributed by atoms with Gasteiger partial charge in [-0.05, 0) is 55.7 Å². The zero-order valence-corrected chi connectivity index (χ0v) is 13.0. The van der Waals surface area contributed by atoms with Gasteiger partial charge in [-0.25, -0.2) is 9.18 Å². The first-order valence-electron chi connectivity index (χ1n) is 7.11. The van der Waals surface area contributed by atoms with Crippen molar-refractivity contribution in [3.8, 4) is 11.1 Å². The number of rotatable bonds is 3. The van der Waals surface area contributed by atoms with Crippen LogP contribution in [0.15, 0.2) is 54.6 Å². The van der Waals surface area contributed by atoms with Crippen LogP contribution >= 0.6 is 0 Å². The molecule has 0 unspecified atom stereocenters. The normalized spacial score (nSPS) is 11.6. The zero-order valence-electron chi connectivity index (χ0n) is 13.0. The number of esters is 1. The van der Waals surface area contributed by atoms with Crippen molar-refractivity contribution in [2.24, 2.45) is 0 Å². The third-order valence-electron chi connectivity index (χ3n) is 2.90. The lowest BCUT2D eigenvalue weighted by molar-refractivity contribution is -0.148. The molecule has 0 fully saturated rings. The van der Waals surface area contributed by atoms with E-state index in [9.17, 15) is 9.18 Å². The molecule has 22 heavy (non-hydrogen) atoms. The highest BCUT2D eigenvalue weighted by atomic mass is 19.1. The van der Waals surface area contributed by atoms with Gasteiger partial charge in [0, 0.05) is 6.08 Å². The maximum atomic E-state index is 13.4. The molecule has 0 radical (unpaired) electrons. The van der Waals surface area contributed by atoms with Gasteiger partial charge in [0.05, 0.1) is 0 Å². The molecule has 0 spiro atoms. The predicted molar refractivity (Wildman–Crippen MR) is 86.7 cm³/mol. The van der Waals surface area contributed by atoms with Gasteiger partial charge >= 0.3 is 5.97 Å². The fourth-order valence-electron chi connectivity index (χ4n) is 2.05. The first-order chi connectivity index (χ1) is 10.3. The van der Waals surface area contributed by atoms with Gasteiger partial charge in [-0.1, -0.05) is 36.4 Å². The zero-order chi connectivity index (χ0) is 16.2. The fourth-order valence-corrected chi connectivity index (χ4v) is 2.05. The Kier molecular flexibility index (Phi) is 4.76. The van der Waals surface area contributed by atoms with Crippen molar-refractivity contribution in [2.75, 3.05) is 0 Å². The molecule has 0 atom stereocenters. The molecule has 0 heterocycles. The number of halogens is 1. The van der Waals surface area contributed by atoms with Crippen LogP contribution < -0.4 is 0 Å². The van der Waals surface area contributed by atoms with Crippen molar-refractivity contribution in [2.45, 2.75) is 26.4 Å². The summed E-state index contributed by atoms with van der Waals surface area (Å²) in [6.45, 7) is 5.46. The van der Waals surface area contributed by atoms with Crippen molar-refractivity contribution >= 4 is 12.0 Å². The van der Waals surface area contributed by atoms with E-state index in [4.69, 9.17) is 4.74 Å². The lowest BCUT2D eigenvalue weighted by atomic mass is 9.99. The minimum Gasteiger partial charge on any atom is -0.457 e. The second-order valence-electron chi connectivity index (χ2n) is 5.96. The first kappa shape index (κ1) is 16.0. The van der Waals surface area contributed by atoms with E-state index in [-0.39, 0.29) is 5.82 Å². The van der Waals surface area contributed by atoms with Crippen molar-refractivity contribution in [1.82, 2.24) is 0 Å². The van der Waals surface area contributed by atoms with Gasteiger partial charge in [-0.2, -0.15) is 0 Å². The van der Waals surface area contributed by atoms with Gasteiger partial charge in [0.15, 0.2) is 0 Å². The van der Waals surface area contributed by atoms with Crippen molar-refractivity contribution in [1.29, 1.82) is 0 Å². The Morgan fingerprint density at radius 3 is 2.50 bits per heavy atom. The van der Waals surface area contributed by atoms with Gasteiger partial charge in [0.2, 0.25) is 0 Å². The molecule has 2 rings (SSSR count). The van der Waals surface area contributed by atoms with Crippen LogP contribution in [0.25, 0.3) is 17.2 Å². The van der Waals surface area contributed by atoms with Gasteiger partial charge in [-0.3, -0.25) is 0 Å². The molecule has 2 aromatic carbocycles. The standard InChI is InChI=1S/C19H19FO2/c1-19(2,3)22-18(21)12-11-14-7-4-5-10-17(14)15-8-6-9-16(20)13-15/h4-13H,1-3H3/b12-11+. The fraction of sp³-hybridized carbons (Fsp3) is 0.211. The monoisotopic (exact) mass is 298 g/mol. The summed E-state index contributed by atoms with van der Waals surface area (Å²) < 4.78 is 18.6. The van der Waals surface area contributed by atoms with E-state index in [1.54, 1.807) is 12.1 Å². The third kappa shape index (κ3) is 4.55. The maximum Gasteiger partial charge on any atom is 0.331 e. The Morgan fingerprint density at radius 1 is 1.09 bits per heavy atom. The summed E-state index contributed by atoms with van der Waals surface area (Å²) in [7, 11) is 0. The Balaban J connectivity index is 2.28. The summed E-state index contributed by atoms with van der Waals surface area (Å²) in [4.78, 5) is 11.8. The van der Waals surface area contributed by atoms with E-state index in [1.807, 2.05) is 51.1 Å². The topological polar surface area (TPSA) is 26.3 Å². The van der Waals surface area contributed by atoms with Gasteiger partial charge < -0.3 is 4.74 Å². The number of carbonyl (C=O) groups excluding carboxylic acids is 1. The van der Waals surface area contributed by atoms with Gasteiger partial charge in [-0.15, -0.1) is 0 Å². The number of ether oxygens (including phenoxy) is 1. The van der Waals surface area contributed by atoms with Crippen molar-refractivity contribution in [3.05, 3.63) is 66.0 Å². The van der Waals surface area contributed by atoms with Crippen LogP contribution in [0.1, 0.15) is 26.3 Å². The molecule has 0 saturated heterocycles. The summed E-state index contributed by atoms with van der Waals surface area (Å²) >= 11 is 0. The van der Waals surface area contributed by atoms with Crippen molar-refractivity contribution in [3.63, 3.8) is 0 Å². The number of hydrogen-bond acceptors (Lipinski definition) is 2. The smallest absolute Gasteiger partial charge is 0.331 e. The highest BCUT2D eigenvalue weighted by molar-refractivity contribution is 5.89. The van der Waals surface area contributed by atoms with Crippen LogP contribution in [0.2, 0.25) is 0 Å². The van der Waals surface area contributed by atoms with E-state index < -0.39 is 11.6 Å². The van der Waals surface area contributed by atoms with Crippen LogP contribution in [0.5, 0.6) is 0 Å². The van der Waals surface area contributed by atoms with E-state index in [0.29, 0.717) is 0 Å². The Labute approximate surface area is 130 Å². The van der Waals surface area contributed by atoms with E-state index in [0.717, 1.165) is 16.7 Å². The predicted octanol–water partition coefficient (Wildman–Crippen LogP) is 4.85. The molecule has 0 aliphatic heterocycles. The van der Waals surface area contributed by atoms with Gasteiger partial charge in [0.25, 0.3) is 0 Å². The SMILES string of the molecule is CC(C)(C)OC(=O)/C=C/c1ccccc1-c1cccc(F)c1. The lowest BCUT2D eigenvalue weighted by Crippen LogP contribution is -2.22. The van der Waals surface area contributed by atoms with Crippen LogP contribution in [0, 0.1) is 5.82 Å². The van der Waals surface area contributed by atoms with Crippen LogP contribution in [-0.2, 0) is 9.53 Å². The summed E-state index contributed by atoms with van der Waals surface area (Å²) in [5, 5.41) is 0. The molecule has 0 aliphatic rings. The molecule has 0 aliphatic carbocycles. The highest BCUT2D eigenvalue weighted by Gasteiger charge is 2.14. The molecule has 2 aromatic rings. The number of carbonyl (C=O) groups is 1. The van der Waals surface area contributed by atoms with E-state index in [2.05, 4.69) is 0 Å². The van der Waals surface area contributed by atoms with Crippen molar-refractivity contribution < 1.29 is 13.9 Å². The molecule has 0 bridgehead atoms. The maximum absolute atomic E-state index is 13.4. The van der Waals surface area contributed by atoms with E-state index in [1.165, 1.54) is 18.2 Å². The molecule has 0 aromatic heterocycles. The molecule has 0 saturated carbocycles. The van der Waals surface area contributed by atoms with Crippen LogP contribution in [0.3, 0.4) is 0 Å². The lowest BCUT2D eigenvalue weighted by Gasteiger charge is -2.18. The second kappa shape index (κ2) is 6.56. The quantitative estimate of drug-likeness (QED) is 0.598. The van der Waals surface area contributed by atoms with E-state index >= 15 is 0 Å². The number of benzene rings is 2. The first-order valence-corrected chi connectivity index (χ1v) is 7.11. The molecule has 3 heteroatoms.